The first-order chi connectivity index (χ1) is 14.2. The van der Waals surface area contributed by atoms with Gasteiger partial charge in [0.05, 0.1) is 18.5 Å². The second-order valence-electron chi connectivity index (χ2n) is 6.43. The molecule has 0 aliphatic rings. The second kappa shape index (κ2) is 10.7. The molecule has 0 aliphatic heterocycles. The quantitative estimate of drug-likeness (QED) is 0.325. The van der Waals surface area contributed by atoms with E-state index >= 15 is 0 Å². The molecule has 1 N–H and O–H groups in total. The van der Waals surface area contributed by atoms with Crippen LogP contribution < -0.4 is 10.2 Å². The number of hydrazone groups is 1. The van der Waals surface area contributed by atoms with E-state index in [0.717, 1.165) is 42.8 Å². The van der Waals surface area contributed by atoms with Crippen molar-refractivity contribution in [1.29, 1.82) is 0 Å². The summed E-state index contributed by atoms with van der Waals surface area (Å²) in [6.07, 6.45) is 9.57. The number of amides is 1. The first-order valence-corrected chi connectivity index (χ1v) is 9.60. The number of nitrogens with one attached hydrogen (secondary N) is 1. The van der Waals surface area contributed by atoms with E-state index in [-0.39, 0.29) is 5.91 Å². The molecule has 0 bridgehead atoms. The van der Waals surface area contributed by atoms with Crippen molar-refractivity contribution in [2.45, 2.75) is 32.7 Å². The number of rotatable bonds is 10. The third-order valence-corrected chi connectivity index (χ3v) is 4.09. The predicted molar refractivity (Wildman–Crippen MR) is 110 cm³/mol. The SMILES string of the molecule is CCCc1cn(CCCOc2ccc(/C=N/NC(=O)c3ccncc3)cc2)nn1. The van der Waals surface area contributed by atoms with Crippen molar-refractivity contribution in [1.82, 2.24) is 25.4 Å². The highest BCUT2D eigenvalue weighted by Gasteiger charge is 2.02. The van der Waals surface area contributed by atoms with Gasteiger partial charge in [-0.05, 0) is 48.4 Å². The van der Waals surface area contributed by atoms with Gasteiger partial charge in [0, 0.05) is 37.1 Å². The summed E-state index contributed by atoms with van der Waals surface area (Å²) in [5.41, 5.74) is 4.88. The Labute approximate surface area is 169 Å². The zero-order valence-electron chi connectivity index (χ0n) is 16.4. The molecule has 0 fully saturated rings. The van der Waals surface area contributed by atoms with E-state index < -0.39 is 0 Å². The number of hydrogen-bond donors (Lipinski definition) is 1. The van der Waals surface area contributed by atoms with Crippen LogP contribution in [0.1, 0.15) is 41.4 Å². The van der Waals surface area contributed by atoms with Gasteiger partial charge in [0.25, 0.3) is 5.91 Å². The number of aromatic nitrogens is 4. The normalized spacial score (nSPS) is 10.9. The van der Waals surface area contributed by atoms with Crippen LogP contribution in [0.3, 0.4) is 0 Å². The summed E-state index contributed by atoms with van der Waals surface area (Å²) in [4.78, 5) is 15.8. The molecule has 0 aliphatic carbocycles. The summed E-state index contributed by atoms with van der Waals surface area (Å²) in [5, 5.41) is 12.2. The fourth-order valence-electron chi connectivity index (χ4n) is 2.62. The fourth-order valence-corrected chi connectivity index (χ4v) is 2.62. The molecule has 2 heterocycles. The van der Waals surface area contributed by atoms with E-state index in [2.05, 4.69) is 32.7 Å². The van der Waals surface area contributed by atoms with Crippen LogP contribution in [0.25, 0.3) is 0 Å². The number of hydrogen-bond acceptors (Lipinski definition) is 6. The van der Waals surface area contributed by atoms with Gasteiger partial charge in [-0.25, -0.2) is 5.43 Å². The molecule has 2 aromatic heterocycles. The van der Waals surface area contributed by atoms with Crippen molar-refractivity contribution in [2.24, 2.45) is 5.10 Å². The molecular formula is C21H24N6O2. The number of benzene rings is 1. The van der Waals surface area contributed by atoms with Crippen LogP contribution in [0.2, 0.25) is 0 Å². The summed E-state index contributed by atoms with van der Waals surface area (Å²) in [6.45, 7) is 3.50. The summed E-state index contributed by atoms with van der Waals surface area (Å²) in [7, 11) is 0. The molecule has 0 saturated heterocycles. The van der Waals surface area contributed by atoms with Crippen molar-refractivity contribution < 1.29 is 9.53 Å². The lowest BCUT2D eigenvalue weighted by atomic mass is 10.2. The second-order valence-corrected chi connectivity index (χ2v) is 6.43. The average Bonchev–Trinajstić information content (AvgIpc) is 3.20. The Bertz CT molecular complexity index is 922. The van der Waals surface area contributed by atoms with Crippen molar-refractivity contribution in [3.8, 4) is 5.75 Å². The molecule has 1 amide bonds. The molecule has 0 saturated carbocycles. The number of carbonyl (C=O) groups is 1. The predicted octanol–water partition coefficient (Wildman–Crippen LogP) is 2.86. The number of carbonyl (C=O) groups excluding carboxylic acids is 1. The zero-order chi connectivity index (χ0) is 20.3. The minimum absolute atomic E-state index is 0.280. The van der Waals surface area contributed by atoms with Gasteiger partial charge in [-0.2, -0.15) is 5.10 Å². The lowest BCUT2D eigenvalue weighted by molar-refractivity contribution is 0.0955. The number of aryl methyl sites for hydroxylation is 2. The molecule has 8 heteroatoms. The van der Waals surface area contributed by atoms with Crippen LogP contribution in [-0.4, -0.2) is 38.7 Å². The lowest BCUT2D eigenvalue weighted by Crippen LogP contribution is -2.17. The monoisotopic (exact) mass is 392 g/mol. The molecule has 0 atom stereocenters. The third kappa shape index (κ3) is 6.53. The molecule has 29 heavy (non-hydrogen) atoms. The van der Waals surface area contributed by atoms with Gasteiger partial charge in [-0.3, -0.25) is 14.5 Å². The van der Waals surface area contributed by atoms with Crippen molar-refractivity contribution in [2.75, 3.05) is 6.61 Å². The molecule has 0 unspecified atom stereocenters. The van der Waals surface area contributed by atoms with Gasteiger partial charge in [0.15, 0.2) is 0 Å². The highest BCUT2D eigenvalue weighted by Crippen LogP contribution is 2.11. The van der Waals surface area contributed by atoms with E-state index in [0.29, 0.717) is 12.2 Å². The van der Waals surface area contributed by atoms with E-state index in [1.54, 1.807) is 30.7 Å². The highest BCUT2D eigenvalue weighted by molar-refractivity contribution is 5.94. The number of nitrogens with zero attached hydrogens (tertiary/aromatic N) is 5. The van der Waals surface area contributed by atoms with Crippen LogP contribution in [0.4, 0.5) is 0 Å². The van der Waals surface area contributed by atoms with Gasteiger partial charge in [-0.15, -0.1) is 5.10 Å². The third-order valence-electron chi connectivity index (χ3n) is 4.09. The summed E-state index contributed by atoms with van der Waals surface area (Å²) < 4.78 is 7.61. The Morgan fingerprint density at radius 1 is 1.21 bits per heavy atom. The van der Waals surface area contributed by atoms with E-state index in [9.17, 15) is 4.79 Å². The van der Waals surface area contributed by atoms with Gasteiger partial charge in [0.2, 0.25) is 0 Å². The Morgan fingerprint density at radius 2 is 2.00 bits per heavy atom. The molecule has 1 aromatic carbocycles. The van der Waals surface area contributed by atoms with Crippen LogP contribution in [0.5, 0.6) is 5.75 Å². The zero-order valence-corrected chi connectivity index (χ0v) is 16.4. The molecule has 0 radical (unpaired) electrons. The minimum atomic E-state index is -0.280. The minimum Gasteiger partial charge on any atom is -0.494 e. The Morgan fingerprint density at radius 3 is 2.76 bits per heavy atom. The standard InChI is InChI=1S/C21H24N6O2/c1-2-4-19-16-27(26-24-19)13-3-14-29-20-7-5-17(6-8-20)15-23-25-21(28)18-9-11-22-12-10-18/h5-12,15-16H,2-4,13-14H2,1H3,(H,25,28)/b23-15+. The Balaban J connectivity index is 1.38. The van der Waals surface area contributed by atoms with Gasteiger partial charge < -0.3 is 4.74 Å². The summed E-state index contributed by atoms with van der Waals surface area (Å²) in [5.74, 6) is 0.506. The summed E-state index contributed by atoms with van der Waals surface area (Å²) >= 11 is 0. The lowest BCUT2D eigenvalue weighted by Gasteiger charge is -2.06. The van der Waals surface area contributed by atoms with Crippen LogP contribution in [0, 0.1) is 0 Å². The largest absolute Gasteiger partial charge is 0.494 e. The van der Waals surface area contributed by atoms with Crippen LogP contribution >= 0.6 is 0 Å². The smallest absolute Gasteiger partial charge is 0.271 e. The number of pyridine rings is 1. The fraction of sp³-hybridized carbons (Fsp3) is 0.286. The van der Waals surface area contributed by atoms with E-state index in [1.807, 2.05) is 35.1 Å². The van der Waals surface area contributed by atoms with Crippen molar-refractivity contribution >= 4 is 12.1 Å². The van der Waals surface area contributed by atoms with E-state index in [1.165, 1.54) is 0 Å². The molecule has 0 spiro atoms. The molecule has 3 aromatic rings. The van der Waals surface area contributed by atoms with E-state index in [4.69, 9.17) is 4.74 Å². The average molecular weight is 392 g/mol. The maximum absolute atomic E-state index is 11.9. The van der Waals surface area contributed by atoms with Gasteiger partial charge in [-0.1, -0.05) is 18.6 Å². The summed E-state index contributed by atoms with van der Waals surface area (Å²) in [6, 6.07) is 10.8. The Hall–Kier alpha value is -3.55. The first-order valence-electron chi connectivity index (χ1n) is 9.60. The molecule has 150 valence electrons. The van der Waals surface area contributed by atoms with Crippen LogP contribution in [0.15, 0.2) is 60.1 Å². The number of ether oxygens (including phenoxy) is 1. The van der Waals surface area contributed by atoms with Crippen molar-refractivity contribution in [3.05, 3.63) is 71.8 Å². The molecule has 3 rings (SSSR count). The van der Waals surface area contributed by atoms with Crippen LogP contribution in [-0.2, 0) is 13.0 Å². The maximum Gasteiger partial charge on any atom is 0.271 e. The Kier molecular flexibility index (Phi) is 7.45. The molecular weight excluding hydrogens is 368 g/mol. The first kappa shape index (κ1) is 20.2. The topological polar surface area (TPSA) is 94.3 Å². The van der Waals surface area contributed by atoms with Gasteiger partial charge in [0.1, 0.15) is 5.75 Å². The molecule has 8 nitrogen and oxygen atoms in total. The van der Waals surface area contributed by atoms with Crippen molar-refractivity contribution in [3.63, 3.8) is 0 Å². The van der Waals surface area contributed by atoms with Gasteiger partial charge >= 0.3 is 0 Å². The highest BCUT2D eigenvalue weighted by atomic mass is 16.5. The maximum atomic E-state index is 11.9.